The fraction of sp³-hybridized carbons (Fsp3) is 0.783. The topological polar surface area (TPSA) is 228 Å². The number of amides is 1. The van der Waals surface area contributed by atoms with Crippen LogP contribution >= 0.6 is 0 Å². The maximum Gasteiger partial charge on any atom is 0.220 e. The summed E-state index contributed by atoms with van der Waals surface area (Å²) in [5, 5.41) is 87.3. The zero-order valence-electron chi connectivity index (χ0n) is 51.9. The number of unbranched alkanes of at least 4 members (excludes halogenated alkanes) is 28. The average Bonchev–Trinajstić information content (AvgIpc) is 3.63. The van der Waals surface area contributed by atoms with Crippen molar-refractivity contribution in [1.82, 2.24) is 5.32 Å². The van der Waals surface area contributed by atoms with Crippen LogP contribution in [-0.2, 0) is 23.7 Å². The average molecular weight is 1170 g/mol. The van der Waals surface area contributed by atoms with Gasteiger partial charge in [-0.15, -0.1) is 0 Å². The molecule has 14 heteroatoms. The van der Waals surface area contributed by atoms with Crippen molar-refractivity contribution in [3.63, 3.8) is 0 Å². The molecule has 0 spiro atoms. The van der Waals surface area contributed by atoms with E-state index < -0.39 is 86.8 Å². The lowest BCUT2D eigenvalue weighted by molar-refractivity contribution is -0.359. The maximum absolute atomic E-state index is 13.3. The Kier molecular flexibility index (Phi) is 49.1. The fourth-order valence-electron chi connectivity index (χ4n) is 10.5. The van der Waals surface area contributed by atoms with Crippen LogP contribution in [0.4, 0.5) is 0 Å². The predicted molar refractivity (Wildman–Crippen MR) is 336 cm³/mol. The van der Waals surface area contributed by atoms with Gasteiger partial charge >= 0.3 is 0 Å². The first-order chi connectivity index (χ1) is 40.6. The molecule has 2 heterocycles. The number of aliphatic hydroxyl groups excluding tert-OH is 8. The van der Waals surface area contributed by atoms with E-state index in [1.807, 2.05) is 6.08 Å². The summed E-state index contributed by atoms with van der Waals surface area (Å²) in [6.07, 6.45) is 56.3. The van der Waals surface area contributed by atoms with E-state index in [0.29, 0.717) is 6.42 Å². The van der Waals surface area contributed by atoms with E-state index in [-0.39, 0.29) is 18.9 Å². The minimum Gasteiger partial charge on any atom is -0.394 e. The summed E-state index contributed by atoms with van der Waals surface area (Å²) in [6, 6.07) is -0.919. The van der Waals surface area contributed by atoms with E-state index in [9.17, 15) is 45.6 Å². The minimum atomic E-state index is -1.79. The Morgan fingerprint density at radius 3 is 1.28 bits per heavy atom. The number of rotatable bonds is 53. The van der Waals surface area contributed by atoms with Crippen LogP contribution in [0.5, 0.6) is 0 Å². The Morgan fingerprint density at radius 1 is 0.446 bits per heavy atom. The van der Waals surface area contributed by atoms with E-state index in [0.717, 1.165) is 77.0 Å². The molecule has 0 aromatic carbocycles. The van der Waals surface area contributed by atoms with Crippen molar-refractivity contribution in [2.75, 3.05) is 19.8 Å². The largest absolute Gasteiger partial charge is 0.394 e. The van der Waals surface area contributed by atoms with E-state index >= 15 is 0 Å². The molecule has 0 aromatic heterocycles. The number of hydrogen-bond donors (Lipinski definition) is 9. The maximum atomic E-state index is 13.3. The normalized spacial score (nSPS) is 24.4. The zero-order valence-corrected chi connectivity index (χ0v) is 51.9. The number of hydrogen-bond acceptors (Lipinski definition) is 13. The summed E-state index contributed by atoms with van der Waals surface area (Å²) >= 11 is 0. The first-order valence-corrected chi connectivity index (χ1v) is 33.3. The third kappa shape index (κ3) is 38.1. The number of aliphatic hydroxyl groups is 8. The molecule has 0 aromatic rings. The Bertz CT molecular complexity index is 1710. The molecular formula is C69H121NO13. The standard InChI is InChI=1S/C69H121NO13/c1-3-5-7-9-11-13-15-17-19-21-22-23-24-25-26-27-28-29-30-31-32-33-34-35-36-37-39-41-43-45-47-49-51-53-61(74)70-57(58(73)52-50-48-46-44-42-40-38-20-18-16-14-12-10-8-6-4-2)56-80-68-66(79)64(77)67(60(55-72)82-68)83-69-65(78)63(76)62(75)59(54-71)81-69/h5,7,11,13,17,19,22-23,25-26,28-29,50,52,57-60,62-69,71-73,75-79H,3-4,6,8-10,12,14-16,18,20-21,24,27,30-49,51,53-56H2,1-2H3,(H,70,74)/b7-5-,13-11-,19-17-,23-22-,26-25-,29-28-,52-50+. The van der Waals surface area contributed by atoms with E-state index in [1.54, 1.807) is 6.08 Å². The summed E-state index contributed by atoms with van der Waals surface area (Å²) in [6.45, 7) is 2.69. The van der Waals surface area contributed by atoms with Crippen LogP contribution < -0.4 is 5.32 Å². The number of allylic oxidation sites excluding steroid dienone is 13. The van der Waals surface area contributed by atoms with Crippen LogP contribution in [0.25, 0.3) is 0 Å². The Morgan fingerprint density at radius 2 is 0.831 bits per heavy atom. The third-order valence-corrected chi connectivity index (χ3v) is 15.8. The van der Waals surface area contributed by atoms with Gasteiger partial charge in [0.25, 0.3) is 0 Å². The second kappa shape index (κ2) is 53.4. The molecule has 2 aliphatic rings. The zero-order chi connectivity index (χ0) is 60.2. The lowest BCUT2D eigenvalue weighted by Gasteiger charge is -2.46. The van der Waals surface area contributed by atoms with Crippen molar-refractivity contribution in [1.29, 1.82) is 0 Å². The SMILES string of the molecule is CC/C=C\C/C=C\C/C=C\C/C=C\C/C=C\C/C=C\CCCCCCCCCCCCCCCCC(=O)NC(COC1OC(CO)C(OC2OC(CO)C(O)C(O)C2O)C(O)C1O)C(O)/C=C/CCCCCCCCCCCCCCCC. The van der Waals surface area contributed by atoms with Gasteiger partial charge in [-0.3, -0.25) is 4.79 Å². The molecule has 480 valence electrons. The van der Waals surface area contributed by atoms with Gasteiger partial charge in [0.2, 0.25) is 5.91 Å². The molecule has 1 amide bonds. The van der Waals surface area contributed by atoms with Crippen LogP contribution in [0.1, 0.15) is 251 Å². The smallest absolute Gasteiger partial charge is 0.220 e. The van der Waals surface area contributed by atoms with Crippen LogP contribution in [-0.4, -0.2) is 140 Å². The van der Waals surface area contributed by atoms with Crippen molar-refractivity contribution in [3.8, 4) is 0 Å². The molecule has 9 N–H and O–H groups in total. The number of carbonyl (C=O) groups excluding carboxylic acids is 1. The van der Waals surface area contributed by atoms with Crippen molar-refractivity contribution in [2.24, 2.45) is 0 Å². The monoisotopic (exact) mass is 1170 g/mol. The highest BCUT2D eigenvalue weighted by Crippen LogP contribution is 2.30. The molecular weight excluding hydrogens is 1050 g/mol. The molecule has 14 nitrogen and oxygen atoms in total. The van der Waals surface area contributed by atoms with Crippen molar-refractivity contribution < 1.29 is 64.6 Å². The Balaban J connectivity index is 1.66. The lowest BCUT2D eigenvalue weighted by atomic mass is 9.97. The van der Waals surface area contributed by atoms with Crippen LogP contribution in [0.3, 0.4) is 0 Å². The quantitative estimate of drug-likeness (QED) is 0.0204. The van der Waals surface area contributed by atoms with Crippen molar-refractivity contribution in [2.45, 2.75) is 325 Å². The van der Waals surface area contributed by atoms with E-state index in [1.165, 1.54) is 148 Å². The Labute approximate surface area is 503 Å². The molecule has 2 fully saturated rings. The fourth-order valence-corrected chi connectivity index (χ4v) is 10.5. The molecule has 0 radical (unpaired) electrons. The molecule has 0 aliphatic carbocycles. The van der Waals surface area contributed by atoms with Crippen LogP contribution in [0.15, 0.2) is 85.1 Å². The number of carbonyl (C=O) groups is 1. The van der Waals surface area contributed by atoms with Gasteiger partial charge in [-0.25, -0.2) is 0 Å². The lowest BCUT2D eigenvalue weighted by Crippen LogP contribution is -2.65. The molecule has 12 atom stereocenters. The Hall–Kier alpha value is -2.83. The predicted octanol–water partition coefficient (Wildman–Crippen LogP) is 12.8. The number of ether oxygens (including phenoxy) is 4. The third-order valence-electron chi connectivity index (χ3n) is 15.8. The summed E-state index contributed by atoms with van der Waals surface area (Å²) in [5.41, 5.74) is 0. The molecule has 2 saturated heterocycles. The van der Waals surface area contributed by atoms with Gasteiger partial charge in [0, 0.05) is 6.42 Å². The molecule has 0 saturated carbocycles. The van der Waals surface area contributed by atoms with Crippen LogP contribution in [0.2, 0.25) is 0 Å². The summed E-state index contributed by atoms with van der Waals surface area (Å²) in [7, 11) is 0. The second-order valence-corrected chi connectivity index (χ2v) is 23.2. The summed E-state index contributed by atoms with van der Waals surface area (Å²) < 4.78 is 22.8. The first kappa shape index (κ1) is 76.3. The van der Waals surface area contributed by atoms with Gasteiger partial charge < -0.3 is 65.1 Å². The van der Waals surface area contributed by atoms with E-state index in [4.69, 9.17) is 18.9 Å². The number of nitrogens with one attached hydrogen (secondary N) is 1. The van der Waals surface area contributed by atoms with E-state index in [2.05, 4.69) is 92.1 Å². The molecule has 12 unspecified atom stereocenters. The van der Waals surface area contributed by atoms with Crippen LogP contribution in [0, 0.1) is 0 Å². The molecule has 2 aliphatic heterocycles. The van der Waals surface area contributed by atoms with Gasteiger partial charge in [-0.1, -0.05) is 259 Å². The molecule has 83 heavy (non-hydrogen) atoms. The summed E-state index contributed by atoms with van der Waals surface area (Å²) in [4.78, 5) is 13.3. The van der Waals surface area contributed by atoms with Gasteiger partial charge in [-0.2, -0.15) is 0 Å². The first-order valence-electron chi connectivity index (χ1n) is 33.3. The highest BCUT2D eigenvalue weighted by Gasteiger charge is 2.51. The highest BCUT2D eigenvalue weighted by atomic mass is 16.7. The molecule has 2 rings (SSSR count). The van der Waals surface area contributed by atoms with Gasteiger partial charge in [-0.05, 0) is 70.6 Å². The van der Waals surface area contributed by atoms with Gasteiger partial charge in [0.1, 0.15) is 48.8 Å². The summed E-state index contributed by atoms with van der Waals surface area (Å²) in [5.74, 6) is -0.241. The highest BCUT2D eigenvalue weighted by molar-refractivity contribution is 5.76. The van der Waals surface area contributed by atoms with Gasteiger partial charge in [0.05, 0.1) is 32.0 Å². The van der Waals surface area contributed by atoms with Crippen molar-refractivity contribution >= 4 is 5.91 Å². The van der Waals surface area contributed by atoms with Crippen molar-refractivity contribution in [3.05, 3.63) is 85.1 Å². The second-order valence-electron chi connectivity index (χ2n) is 23.2. The molecule has 0 bridgehead atoms. The minimum absolute atomic E-state index is 0.241. The van der Waals surface area contributed by atoms with Gasteiger partial charge in [0.15, 0.2) is 12.6 Å².